The maximum atomic E-state index is 12.2. The molecular formula is C18H16N4O7. The highest BCUT2D eigenvalue weighted by Gasteiger charge is 2.55. The fourth-order valence-electron chi connectivity index (χ4n) is 2.89. The van der Waals surface area contributed by atoms with Crippen LogP contribution >= 0.6 is 0 Å². The lowest BCUT2D eigenvalue weighted by Gasteiger charge is -2.34. The topological polar surface area (TPSA) is 166 Å². The van der Waals surface area contributed by atoms with Gasteiger partial charge in [0, 0.05) is 55.4 Å². The summed E-state index contributed by atoms with van der Waals surface area (Å²) in [5.74, 6) is -3.73. The van der Waals surface area contributed by atoms with Crippen LogP contribution in [-0.4, -0.2) is 61.9 Å². The van der Waals surface area contributed by atoms with Crippen molar-refractivity contribution in [3.63, 3.8) is 0 Å². The quantitative estimate of drug-likeness (QED) is 0.241. The number of amides is 2. The highest BCUT2D eigenvalue weighted by molar-refractivity contribution is 6.13. The van der Waals surface area contributed by atoms with Gasteiger partial charge in [0.1, 0.15) is 5.82 Å². The largest absolute Gasteiger partial charge is 0.480 e. The molecule has 1 fully saturated rings. The van der Waals surface area contributed by atoms with Crippen LogP contribution in [-0.2, 0) is 19.2 Å². The number of pyridine rings is 1. The summed E-state index contributed by atoms with van der Waals surface area (Å²) in [5, 5.41) is 22.0. The molecular weight excluding hydrogens is 384 g/mol. The summed E-state index contributed by atoms with van der Waals surface area (Å²) in [6.45, 7) is -0.0218. The lowest BCUT2D eigenvalue weighted by Crippen LogP contribution is -2.50. The highest BCUT2D eigenvalue weighted by atomic mass is 16.4. The van der Waals surface area contributed by atoms with Gasteiger partial charge in [-0.3, -0.25) is 34.3 Å². The number of hydrogen-bond donors (Lipinski definition) is 3. The number of nitrogens with zero attached hydrogens (tertiary/aromatic N) is 3. The van der Waals surface area contributed by atoms with Gasteiger partial charge in [-0.25, -0.2) is 4.98 Å². The number of aromatic nitrogens is 1. The van der Waals surface area contributed by atoms with E-state index in [2.05, 4.69) is 15.5 Å². The number of anilines is 1. The van der Waals surface area contributed by atoms with Gasteiger partial charge in [0.05, 0.1) is 0 Å². The van der Waals surface area contributed by atoms with Gasteiger partial charge in [0.15, 0.2) is 11.2 Å². The van der Waals surface area contributed by atoms with Gasteiger partial charge < -0.3 is 10.2 Å². The van der Waals surface area contributed by atoms with Gasteiger partial charge in [-0.1, -0.05) is 0 Å². The second-order valence-corrected chi connectivity index (χ2v) is 6.60. The minimum absolute atomic E-state index is 0.0218. The Hall–Kier alpha value is -3.89. The molecule has 0 atom stereocenters. The van der Waals surface area contributed by atoms with Crippen molar-refractivity contribution in [2.75, 3.05) is 12.0 Å². The summed E-state index contributed by atoms with van der Waals surface area (Å²) in [6, 6.07) is 2.97. The van der Waals surface area contributed by atoms with Crippen molar-refractivity contribution in [1.82, 2.24) is 9.88 Å². The molecule has 2 heterocycles. The Morgan fingerprint density at radius 3 is 2.24 bits per heavy atom. The molecule has 1 aromatic rings. The van der Waals surface area contributed by atoms with Gasteiger partial charge in [-0.15, -0.1) is 0 Å². The lowest BCUT2D eigenvalue weighted by atomic mass is 9.67. The molecule has 0 saturated heterocycles. The Bertz CT molecular complexity index is 923. The minimum Gasteiger partial charge on any atom is -0.480 e. The Balaban J connectivity index is 1.52. The molecule has 3 N–H and O–H groups in total. The van der Waals surface area contributed by atoms with Gasteiger partial charge in [0.2, 0.25) is 0 Å². The molecule has 0 aromatic carbocycles. The Morgan fingerprint density at radius 1 is 1.10 bits per heavy atom. The predicted molar refractivity (Wildman–Crippen MR) is 97.0 cm³/mol. The molecule has 1 aliphatic carbocycles. The molecule has 11 heteroatoms. The molecule has 0 radical (unpaired) electrons. The summed E-state index contributed by atoms with van der Waals surface area (Å²) in [4.78, 5) is 62.3. The Kier molecular flexibility index (Phi) is 5.22. The standard InChI is InChI=1S/C18H16N4O7/c23-12(5-6-22-14(24)3-4-15(22)25)10-1-2-13(19-9-10)21-20-11-7-18(8-11,16(26)27)17(28)29/h1-4,9H,5-8H2,(H,19,21)(H,26,27)(H,28,29). The number of imide groups is 1. The number of hydrogen-bond acceptors (Lipinski definition) is 8. The van der Waals surface area contributed by atoms with E-state index >= 15 is 0 Å². The molecule has 1 saturated carbocycles. The average Bonchev–Trinajstić information content (AvgIpc) is 2.96. The van der Waals surface area contributed by atoms with Crippen molar-refractivity contribution in [3.05, 3.63) is 36.0 Å². The first-order valence-corrected chi connectivity index (χ1v) is 8.54. The van der Waals surface area contributed by atoms with Gasteiger partial charge in [-0.2, -0.15) is 5.10 Å². The maximum Gasteiger partial charge on any atom is 0.321 e. The third kappa shape index (κ3) is 3.88. The van der Waals surface area contributed by atoms with E-state index in [1.807, 2.05) is 0 Å². The summed E-state index contributed by atoms with van der Waals surface area (Å²) in [6.07, 6.45) is 3.15. The van der Waals surface area contributed by atoms with Crippen LogP contribution in [0.15, 0.2) is 35.6 Å². The van der Waals surface area contributed by atoms with Crippen LogP contribution in [0.5, 0.6) is 0 Å². The molecule has 0 bridgehead atoms. The Morgan fingerprint density at radius 2 is 1.72 bits per heavy atom. The van der Waals surface area contributed by atoms with Gasteiger partial charge in [0.25, 0.3) is 11.8 Å². The van der Waals surface area contributed by atoms with Crippen LogP contribution < -0.4 is 5.43 Å². The monoisotopic (exact) mass is 400 g/mol. The molecule has 1 aromatic heterocycles. The predicted octanol–water partition coefficient (Wildman–Crippen LogP) is 0.297. The van der Waals surface area contributed by atoms with Crippen molar-refractivity contribution in [1.29, 1.82) is 0 Å². The summed E-state index contributed by atoms with van der Waals surface area (Å²) in [5.41, 5.74) is 1.42. The second kappa shape index (κ2) is 7.62. The zero-order valence-corrected chi connectivity index (χ0v) is 15.0. The van der Waals surface area contributed by atoms with Crippen LogP contribution in [0.25, 0.3) is 0 Å². The molecule has 2 aliphatic rings. The van der Waals surface area contributed by atoms with Crippen molar-refractivity contribution in [3.8, 4) is 0 Å². The molecule has 150 valence electrons. The van der Waals surface area contributed by atoms with Crippen molar-refractivity contribution < 1.29 is 34.2 Å². The van der Waals surface area contributed by atoms with E-state index in [4.69, 9.17) is 10.2 Å². The fraction of sp³-hybridized carbons (Fsp3) is 0.278. The smallest absolute Gasteiger partial charge is 0.321 e. The highest BCUT2D eigenvalue weighted by Crippen LogP contribution is 2.39. The number of carboxylic acid groups (broad SMARTS) is 2. The van der Waals surface area contributed by atoms with Crippen LogP contribution in [0.3, 0.4) is 0 Å². The zero-order chi connectivity index (χ0) is 21.2. The number of nitrogens with one attached hydrogen (secondary N) is 1. The number of rotatable bonds is 8. The number of Topliss-reactive ketones (excluding diaryl/α,β-unsaturated/α-hetero) is 1. The van der Waals surface area contributed by atoms with E-state index in [1.165, 1.54) is 18.3 Å². The van der Waals surface area contributed by atoms with Gasteiger partial charge >= 0.3 is 11.9 Å². The zero-order valence-electron chi connectivity index (χ0n) is 15.0. The van der Waals surface area contributed by atoms with Crippen molar-refractivity contribution in [2.45, 2.75) is 19.3 Å². The van der Waals surface area contributed by atoms with Gasteiger partial charge in [-0.05, 0) is 12.1 Å². The van der Waals surface area contributed by atoms with Crippen LogP contribution in [0.4, 0.5) is 5.82 Å². The third-order valence-electron chi connectivity index (χ3n) is 4.71. The van der Waals surface area contributed by atoms with E-state index in [0.29, 0.717) is 5.71 Å². The first kappa shape index (κ1) is 19.9. The van der Waals surface area contributed by atoms with Crippen LogP contribution in [0.1, 0.15) is 29.6 Å². The summed E-state index contributed by atoms with van der Waals surface area (Å²) >= 11 is 0. The first-order valence-electron chi connectivity index (χ1n) is 8.54. The number of aliphatic carboxylic acids is 2. The number of carbonyl (C=O) groups excluding carboxylic acids is 3. The number of carbonyl (C=O) groups is 5. The molecule has 1 aliphatic heterocycles. The first-order chi connectivity index (χ1) is 13.7. The Labute approximate surface area is 163 Å². The number of hydrazone groups is 1. The fourth-order valence-corrected chi connectivity index (χ4v) is 2.89. The van der Waals surface area contributed by atoms with E-state index in [1.54, 1.807) is 0 Å². The van der Waals surface area contributed by atoms with Crippen molar-refractivity contribution >= 4 is 41.1 Å². The average molecular weight is 400 g/mol. The third-order valence-corrected chi connectivity index (χ3v) is 4.71. The molecule has 2 amide bonds. The van der Waals surface area contributed by atoms with E-state index in [-0.39, 0.29) is 43.0 Å². The molecule has 29 heavy (non-hydrogen) atoms. The lowest BCUT2D eigenvalue weighted by molar-refractivity contribution is -0.165. The SMILES string of the molecule is O=C(CCN1C(=O)C=CC1=O)c1ccc(NN=C2CC(C(=O)O)(C(=O)O)C2)nc1. The van der Waals surface area contributed by atoms with E-state index < -0.39 is 29.2 Å². The number of ketones is 1. The molecule has 0 unspecified atom stereocenters. The second-order valence-electron chi connectivity index (χ2n) is 6.60. The summed E-state index contributed by atoms with van der Waals surface area (Å²) < 4.78 is 0. The van der Waals surface area contributed by atoms with Crippen molar-refractivity contribution in [2.24, 2.45) is 10.5 Å². The van der Waals surface area contributed by atoms with E-state index in [0.717, 1.165) is 17.1 Å². The van der Waals surface area contributed by atoms with E-state index in [9.17, 15) is 24.0 Å². The minimum atomic E-state index is -1.84. The number of carboxylic acids is 2. The van der Waals surface area contributed by atoms with Crippen LogP contribution in [0, 0.1) is 5.41 Å². The molecule has 3 rings (SSSR count). The molecule has 11 nitrogen and oxygen atoms in total. The summed E-state index contributed by atoms with van der Waals surface area (Å²) in [7, 11) is 0. The molecule has 0 spiro atoms. The van der Waals surface area contributed by atoms with Crippen LogP contribution in [0.2, 0.25) is 0 Å². The normalized spacial score (nSPS) is 17.1. The maximum absolute atomic E-state index is 12.2.